The van der Waals surface area contributed by atoms with Crippen LogP contribution in [0.3, 0.4) is 0 Å². The molecule has 0 amide bonds. The van der Waals surface area contributed by atoms with Crippen LogP contribution in [0.4, 0.5) is 17.1 Å². The van der Waals surface area contributed by atoms with Crippen LogP contribution < -0.4 is 4.90 Å². The standard InChI is InChI=1S/C62H54N2/c1-62(2,3)47-39-40-58(55(42-47)44-23-9-5-10-24-44)64(56-36-15-13-31-52(56)53-35-19-26-45-25-18-33-50(60(45)53)43-21-7-4-8-22-43)49-30-17-27-46(41-49)51-34-20-38-59-61(51)54-32-14-16-37-57(54)63(59)48-28-11-6-12-29-48/h5-6,9-20,23-43H,4,7-8,21-22H2,1-3H3. The molecule has 10 aromatic rings. The van der Waals surface area contributed by atoms with Gasteiger partial charge in [-0.2, -0.15) is 0 Å². The topological polar surface area (TPSA) is 8.17 Å². The van der Waals surface area contributed by atoms with Crippen LogP contribution in [0.2, 0.25) is 0 Å². The first-order valence-corrected chi connectivity index (χ1v) is 23.2. The molecule has 0 unspecified atom stereocenters. The van der Waals surface area contributed by atoms with Crippen molar-refractivity contribution in [3.63, 3.8) is 0 Å². The van der Waals surface area contributed by atoms with Gasteiger partial charge in [-0.3, -0.25) is 0 Å². The van der Waals surface area contributed by atoms with Gasteiger partial charge < -0.3 is 9.47 Å². The Morgan fingerprint density at radius 3 is 1.89 bits per heavy atom. The van der Waals surface area contributed by atoms with E-state index in [2.05, 4.69) is 236 Å². The molecule has 0 N–H and O–H groups in total. The second-order valence-electron chi connectivity index (χ2n) is 18.7. The summed E-state index contributed by atoms with van der Waals surface area (Å²) in [6, 6.07) is 76.8. The Balaban J connectivity index is 1.17. The second kappa shape index (κ2) is 16.5. The average molecular weight is 827 g/mol. The van der Waals surface area contributed by atoms with Gasteiger partial charge in [-0.15, -0.1) is 0 Å². The molecule has 11 rings (SSSR count). The van der Waals surface area contributed by atoms with Gasteiger partial charge in [0.1, 0.15) is 0 Å². The zero-order chi connectivity index (χ0) is 43.2. The number of rotatable bonds is 8. The number of benzene rings is 9. The van der Waals surface area contributed by atoms with Gasteiger partial charge in [0.2, 0.25) is 0 Å². The molecule has 312 valence electrons. The third-order valence-electron chi connectivity index (χ3n) is 13.7. The van der Waals surface area contributed by atoms with Crippen molar-refractivity contribution in [1.82, 2.24) is 4.57 Å². The Hall–Kier alpha value is -7.16. The Kier molecular flexibility index (Phi) is 10.2. The number of fused-ring (bicyclic) bond motifs is 4. The molecule has 9 aromatic carbocycles. The lowest BCUT2D eigenvalue weighted by atomic mass is 9.80. The van der Waals surface area contributed by atoms with Crippen LogP contribution in [0.15, 0.2) is 206 Å². The summed E-state index contributed by atoms with van der Waals surface area (Å²) in [7, 11) is 0. The fourth-order valence-corrected chi connectivity index (χ4v) is 10.6. The van der Waals surface area contributed by atoms with Gasteiger partial charge >= 0.3 is 0 Å². The SMILES string of the molecule is CC(C)(C)c1ccc(N(c2cccc(-c3cccc4c3c3ccccc3n4-c3ccccc3)c2)c2ccccc2-c2cccc3cccc(C4CCCCC4)c23)c(-c2ccccc2)c1. The van der Waals surface area contributed by atoms with Gasteiger partial charge in [-0.1, -0.05) is 192 Å². The van der Waals surface area contributed by atoms with Gasteiger partial charge in [0.05, 0.1) is 22.4 Å². The fraction of sp³-hybridized carbons (Fsp3) is 0.161. The van der Waals surface area contributed by atoms with E-state index in [0.717, 1.165) is 22.7 Å². The normalized spacial score (nSPS) is 13.5. The van der Waals surface area contributed by atoms with Gasteiger partial charge in [-0.05, 0) is 123 Å². The number of para-hydroxylation sites is 3. The largest absolute Gasteiger partial charge is 0.309 e. The molecule has 0 bridgehead atoms. The first kappa shape index (κ1) is 39.7. The molecule has 0 atom stereocenters. The van der Waals surface area contributed by atoms with E-state index in [-0.39, 0.29) is 5.41 Å². The number of anilines is 3. The molecule has 1 fully saturated rings. The third-order valence-corrected chi connectivity index (χ3v) is 13.7. The molecule has 64 heavy (non-hydrogen) atoms. The van der Waals surface area contributed by atoms with Crippen LogP contribution in [-0.4, -0.2) is 4.57 Å². The number of hydrogen-bond donors (Lipinski definition) is 0. The molecule has 2 nitrogen and oxygen atoms in total. The van der Waals surface area contributed by atoms with E-state index in [1.807, 2.05) is 0 Å². The number of hydrogen-bond acceptors (Lipinski definition) is 1. The van der Waals surface area contributed by atoms with E-state index in [1.165, 1.54) is 109 Å². The van der Waals surface area contributed by atoms with E-state index in [0.29, 0.717) is 5.92 Å². The van der Waals surface area contributed by atoms with Crippen LogP contribution in [0.1, 0.15) is 69.9 Å². The van der Waals surface area contributed by atoms with Crippen molar-refractivity contribution < 1.29 is 0 Å². The van der Waals surface area contributed by atoms with Crippen molar-refractivity contribution in [1.29, 1.82) is 0 Å². The summed E-state index contributed by atoms with van der Waals surface area (Å²) in [5, 5.41) is 5.21. The predicted octanol–water partition coefficient (Wildman–Crippen LogP) is 17.8. The zero-order valence-corrected chi connectivity index (χ0v) is 37.1. The lowest BCUT2D eigenvalue weighted by Gasteiger charge is -2.32. The van der Waals surface area contributed by atoms with E-state index < -0.39 is 0 Å². The summed E-state index contributed by atoms with van der Waals surface area (Å²) in [5.41, 5.74) is 17.1. The zero-order valence-electron chi connectivity index (χ0n) is 37.1. The monoisotopic (exact) mass is 826 g/mol. The van der Waals surface area contributed by atoms with Gasteiger partial charge in [0, 0.05) is 33.3 Å². The highest BCUT2D eigenvalue weighted by Crippen LogP contribution is 2.49. The van der Waals surface area contributed by atoms with Gasteiger partial charge in [-0.25, -0.2) is 0 Å². The Morgan fingerprint density at radius 1 is 0.453 bits per heavy atom. The van der Waals surface area contributed by atoms with Crippen molar-refractivity contribution in [2.45, 2.75) is 64.2 Å². The van der Waals surface area contributed by atoms with Crippen molar-refractivity contribution in [2.75, 3.05) is 4.90 Å². The van der Waals surface area contributed by atoms with Crippen molar-refractivity contribution in [3.05, 3.63) is 217 Å². The quantitative estimate of drug-likeness (QED) is 0.148. The molecule has 1 aliphatic carbocycles. The lowest BCUT2D eigenvalue weighted by molar-refractivity contribution is 0.445. The number of aromatic nitrogens is 1. The van der Waals surface area contributed by atoms with Crippen LogP contribution in [0, 0.1) is 0 Å². The van der Waals surface area contributed by atoms with E-state index in [4.69, 9.17) is 0 Å². The van der Waals surface area contributed by atoms with Crippen LogP contribution in [-0.2, 0) is 5.41 Å². The molecule has 1 aliphatic rings. The second-order valence-corrected chi connectivity index (χ2v) is 18.7. The average Bonchev–Trinajstić information content (AvgIpc) is 3.69. The first-order valence-electron chi connectivity index (χ1n) is 23.2. The molecule has 0 spiro atoms. The van der Waals surface area contributed by atoms with Crippen LogP contribution in [0.25, 0.3) is 71.6 Å². The molecule has 1 saturated carbocycles. The van der Waals surface area contributed by atoms with Crippen molar-refractivity contribution >= 4 is 49.6 Å². The molecule has 1 aromatic heterocycles. The Labute approximate surface area is 378 Å². The highest BCUT2D eigenvalue weighted by atomic mass is 15.1. The molecule has 0 aliphatic heterocycles. The van der Waals surface area contributed by atoms with Crippen LogP contribution >= 0.6 is 0 Å². The van der Waals surface area contributed by atoms with E-state index >= 15 is 0 Å². The number of nitrogens with zero attached hydrogens (tertiary/aromatic N) is 2. The van der Waals surface area contributed by atoms with Crippen molar-refractivity contribution in [2.24, 2.45) is 0 Å². The summed E-state index contributed by atoms with van der Waals surface area (Å²) in [6.45, 7) is 6.94. The molecule has 2 heteroatoms. The van der Waals surface area contributed by atoms with E-state index in [1.54, 1.807) is 0 Å². The maximum absolute atomic E-state index is 2.54. The lowest BCUT2D eigenvalue weighted by Crippen LogP contribution is -2.15. The molecule has 0 saturated heterocycles. The molecular formula is C62H54N2. The summed E-state index contributed by atoms with van der Waals surface area (Å²) in [6.07, 6.45) is 6.46. The minimum Gasteiger partial charge on any atom is -0.309 e. The maximum Gasteiger partial charge on any atom is 0.0547 e. The minimum absolute atomic E-state index is 0.0270. The van der Waals surface area contributed by atoms with Gasteiger partial charge in [0.15, 0.2) is 0 Å². The summed E-state index contributed by atoms with van der Waals surface area (Å²) in [4.78, 5) is 2.54. The highest BCUT2D eigenvalue weighted by molar-refractivity contribution is 6.16. The summed E-state index contributed by atoms with van der Waals surface area (Å²) in [5.74, 6) is 0.573. The van der Waals surface area contributed by atoms with E-state index in [9.17, 15) is 0 Å². The maximum atomic E-state index is 2.54. The van der Waals surface area contributed by atoms with Crippen LogP contribution in [0.5, 0.6) is 0 Å². The predicted molar refractivity (Wildman–Crippen MR) is 274 cm³/mol. The van der Waals surface area contributed by atoms with Crippen molar-refractivity contribution in [3.8, 4) is 39.1 Å². The Bertz CT molecular complexity index is 3280. The molecule has 0 radical (unpaired) electrons. The highest BCUT2D eigenvalue weighted by Gasteiger charge is 2.26. The first-order chi connectivity index (χ1) is 31.4. The molecular weight excluding hydrogens is 773 g/mol. The smallest absolute Gasteiger partial charge is 0.0547 e. The fourth-order valence-electron chi connectivity index (χ4n) is 10.6. The minimum atomic E-state index is -0.0270. The summed E-state index contributed by atoms with van der Waals surface area (Å²) >= 11 is 0. The Morgan fingerprint density at radius 2 is 1.08 bits per heavy atom. The molecule has 1 heterocycles. The summed E-state index contributed by atoms with van der Waals surface area (Å²) < 4.78 is 2.41. The third kappa shape index (κ3) is 7.08. The van der Waals surface area contributed by atoms with Gasteiger partial charge in [0.25, 0.3) is 0 Å².